The second-order valence-corrected chi connectivity index (χ2v) is 10.3. The highest BCUT2D eigenvalue weighted by Gasteiger charge is 2.36. The molecule has 1 amide bonds. The number of carbonyl (C=O) groups excluding carboxylic acids is 1. The first-order chi connectivity index (χ1) is 13.0. The summed E-state index contributed by atoms with van der Waals surface area (Å²) in [5.74, 6) is 0.624. The van der Waals surface area contributed by atoms with Crippen molar-refractivity contribution in [2.45, 2.75) is 69.2 Å². The van der Waals surface area contributed by atoms with Crippen molar-refractivity contribution >= 4 is 15.9 Å². The Labute approximate surface area is 162 Å². The topological polar surface area (TPSA) is 57.7 Å². The molecular weight excluding hydrogens is 360 g/mol. The van der Waals surface area contributed by atoms with Crippen LogP contribution < -0.4 is 0 Å². The van der Waals surface area contributed by atoms with E-state index in [1.54, 1.807) is 22.5 Å². The van der Waals surface area contributed by atoms with Crippen molar-refractivity contribution in [1.82, 2.24) is 9.21 Å². The van der Waals surface area contributed by atoms with Crippen LogP contribution in [0.4, 0.5) is 0 Å². The summed E-state index contributed by atoms with van der Waals surface area (Å²) < 4.78 is 27.6. The molecule has 2 atom stereocenters. The number of carbonyl (C=O) groups is 1. The number of sulfonamides is 1. The molecule has 1 saturated carbocycles. The zero-order valence-electron chi connectivity index (χ0n) is 16.2. The van der Waals surface area contributed by atoms with Gasteiger partial charge in [0.15, 0.2) is 0 Å². The molecule has 2 unspecified atom stereocenters. The van der Waals surface area contributed by atoms with Gasteiger partial charge in [0.25, 0.3) is 5.91 Å². The second kappa shape index (κ2) is 7.55. The SMILES string of the molecule is Cc1ccc(C(=O)N2CCCC3CCCCC32)cc1S(=O)(=O)N1CCCC1. The third kappa shape index (κ3) is 3.54. The van der Waals surface area contributed by atoms with Crippen LogP contribution in [0.1, 0.15) is 67.3 Å². The van der Waals surface area contributed by atoms with Gasteiger partial charge in [-0.2, -0.15) is 4.31 Å². The second-order valence-electron chi connectivity index (χ2n) is 8.34. The Bertz CT molecular complexity index is 813. The van der Waals surface area contributed by atoms with Gasteiger partial charge in [-0.1, -0.05) is 18.9 Å². The van der Waals surface area contributed by atoms with E-state index in [0.717, 1.165) is 32.2 Å². The predicted octanol–water partition coefficient (Wildman–Crippen LogP) is 3.57. The molecule has 0 bridgehead atoms. The lowest BCUT2D eigenvalue weighted by Crippen LogP contribution is -2.49. The molecular formula is C21H30N2O3S. The quantitative estimate of drug-likeness (QED) is 0.793. The van der Waals surface area contributed by atoms with E-state index in [9.17, 15) is 13.2 Å². The number of piperidine rings is 1. The standard InChI is InChI=1S/C21H30N2O3S/c1-16-10-11-18(15-20(16)27(25,26)22-12-4-5-13-22)21(24)23-14-6-8-17-7-2-3-9-19(17)23/h10-11,15,17,19H,2-9,12-14H2,1H3. The fourth-order valence-electron chi connectivity index (χ4n) is 5.12. The van der Waals surface area contributed by atoms with Crippen LogP contribution in [0.25, 0.3) is 0 Å². The van der Waals surface area contributed by atoms with Gasteiger partial charge in [0.05, 0.1) is 4.90 Å². The number of aryl methyl sites for hydroxylation is 1. The predicted molar refractivity (Wildman–Crippen MR) is 105 cm³/mol. The summed E-state index contributed by atoms with van der Waals surface area (Å²) in [4.78, 5) is 15.6. The molecule has 0 spiro atoms. The highest BCUT2D eigenvalue weighted by atomic mass is 32.2. The van der Waals surface area contributed by atoms with Gasteiger partial charge in [-0.25, -0.2) is 8.42 Å². The van der Waals surface area contributed by atoms with Gasteiger partial charge >= 0.3 is 0 Å². The molecule has 148 valence electrons. The number of hydrogen-bond donors (Lipinski definition) is 0. The van der Waals surface area contributed by atoms with Crippen molar-refractivity contribution in [2.24, 2.45) is 5.92 Å². The maximum atomic E-state index is 13.3. The Kier molecular flexibility index (Phi) is 5.30. The summed E-state index contributed by atoms with van der Waals surface area (Å²) in [7, 11) is -3.52. The average molecular weight is 391 g/mol. The molecule has 27 heavy (non-hydrogen) atoms. The number of amides is 1. The Morgan fingerprint density at radius 3 is 2.44 bits per heavy atom. The van der Waals surface area contributed by atoms with E-state index in [2.05, 4.69) is 0 Å². The van der Waals surface area contributed by atoms with Crippen LogP contribution in [-0.2, 0) is 10.0 Å². The van der Waals surface area contributed by atoms with Crippen molar-refractivity contribution < 1.29 is 13.2 Å². The van der Waals surface area contributed by atoms with Crippen LogP contribution in [0.2, 0.25) is 0 Å². The van der Waals surface area contributed by atoms with E-state index >= 15 is 0 Å². The fraction of sp³-hybridized carbons (Fsp3) is 0.667. The largest absolute Gasteiger partial charge is 0.335 e. The van der Waals surface area contributed by atoms with Crippen molar-refractivity contribution in [1.29, 1.82) is 0 Å². The Morgan fingerprint density at radius 1 is 0.963 bits per heavy atom. The maximum Gasteiger partial charge on any atom is 0.254 e. The lowest BCUT2D eigenvalue weighted by atomic mass is 9.78. The third-order valence-corrected chi connectivity index (χ3v) is 8.66. The van der Waals surface area contributed by atoms with Gasteiger partial charge in [-0.15, -0.1) is 0 Å². The summed E-state index contributed by atoms with van der Waals surface area (Å²) in [6, 6.07) is 5.54. The average Bonchev–Trinajstić information content (AvgIpc) is 3.23. The molecule has 0 N–H and O–H groups in total. The van der Waals surface area contributed by atoms with Gasteiger partial charge in [-0.05, 0) is 69.1 Å². The first-order valence-corrected chi connectivity index (χ1v) is 11.8. The molecule has 0 aromatic heterocycles. The first kappa shape index (κ1) is 18.9. The first-order valence-electron chi connectivity index (χ1n) is 10.4. The molecule has 2 heterocycles. The van der Waals surface area contributed by atoms with E-state index in [-0.39, 0.29) is 5.91 Å². The number of benzene rings is 1. The summed E-state index contributed by atoms with van der Waals surface area (Å²) in [5, 5.41) is 0. The van der Waals surface area contributed by atoms with E-state index in [4.69, 9.17) is 0 Å². The molecule has 2 saturated heterocycles. The molecule has 5 nitrogen and oxygen atoms in total. The van der Waals surface area contributed by atoms with Gasteiger partial charge in [0.1, 0.15) is 0 Å². The summed E-state index contributed by atoms with van der Waals surface area (Å²) in [5.41, 5.74) is 1.23. The minimum Gasteiger partial charge on any atom is -0.335 e. The zero-order chi connectivity index (χ0) is 19.0. The molecule has 1 aromatic rings. The van der Waals surface area contributed by atoms with Crippen LogP contribution in [0, 0.1) is 12.8 Å². The van der Waals surface area contributed by atoms with Gasteiger partial charge in [-0.3, -0.25) is 4.79 Å². The summed E-state index contributed by atoms with van der Waals surface area (Å²) in [6.07, 6.45) is 8.85. The Morgan fingerprint density at radius 2 is 1.67 bits per heavy atom. The summed E-state index contributed by atoms with van der Waals surface area (Å²) in [6.45, 7) is 3.77. The monoisotopic (exact) mass is 390 g/mol. The lowest BCUT2D eigenvalue weighted by Gasteiger charge is -2.44. The number of rotatable bonds is 3. The Hall–Kier alpha value is -1.40. The van der Waals surface area contributed by atoms with Crippen LogP contribution in [0.15, 0.2) is 23.1 Å². The minimum atomic E-state index is -3.52. The van der Waals surface area contributed by atoms with Crippen molar-refractivity contribution in [3.63, 3.8) is 0 Å². The smallest absolute Gasteiger partial charge is 0.254 e. The number of likely N-dealkylation sites (tertiary alicyclic amines) is 1. The zero-order valence-corrected chi connectivity index (χ0v) is 17.0. The van der Waals surface area contributed by atoms with Crippen LogP contribution in [0.5, 0.6) is 0 Å². The molecule has 3 fully saturated rings. The molecule has 0 radical (unpaired) electrons. The van der Waals surface area contributed by atoms with E-state index in [0.29, 0.717) is 41.1 Å². The molecule has 1 aromatic carbocycles. The third-order valence-electron chi connectivity index (χ3n) is 6.62. The van der Waals surface area contributed by atoms with E-state index < -0.39 is 10.0 Å². The van der Waals surface area contributed by atoms with Crippen molar-refractivity contribution in [3.05, 3.63) is 29.3 Å². The van der Waals surface area contributed by atoms with Crippen LogP contribution in [0.3, 0.4) is 0 Å². The van der Waals surface area contributed by atoms with Gasteiger partial charge in [0.2, 0.25) is 10.0 Å². The maximum absolute atomic E-state index is 13.3. The Balaban J connectivity index is 1.63. The van der Waals surface area contributed by atoms with Crippen LogP contribution in [-0.4, -0.2) is 49.2 Å². The van der Waals surface area contributed by atoms with Crippen molar-refractivity contribution in [3.8, 4) is 0 Å². The highest BCUT2D eigenvalue weighted by molar-refractivity contribution is 7.89. The number of fused-ring (bicyclic) bond motifs is 1. The fourth-order valence-corrected chi connectivity index (χ4v) is 6.89. The van der Waals surface area contributed by atoms with E-state index in [1.165, 1.54) is 25.7 Å². The van der Waals surface area contributed by atoms with Crippen molar-refractivity contribution in [2.75, 3.05) is 19.6 Å². The van der Waals surface area contributed by atoms with Gasteiger partial charge in [0, 0.05) is 31.2 Å². The molecule has 2 aliphatic heterocycles. The molecule has 6 heteroatoms. The normalized spacial score (nSPS) is 26.8. The molecule has 3 aliphatic rings. The van der Waals surface area contributed by atoms with Gasteiger partial charge < -0.3 is 4.90 Å². The molecule has 1 aliphatic carbocycles. The lowest BCUT2D eigenvalue weighted by molar-refractivity contribution is 0.0390. The van der Waals surface area contributed by atoms with E-state index in [1.807, 2.05) is 11.8 Å². The summed E-state index contributed by atoms with van der Waals surface area (Å²) >= 11 is 0. The highest BCUT2D eigenvalue weighted by Crippen LogP contribution is 2.36. The minimum absolute atomic E-state index is 0.00414. The van der Waals surface area contributed by atoms with Crippen LogP contribution >= 0.6 is 0 Å². The number of hydrogen-bond acceptors (Lipinski definition) is 3. The molecule has 4 rings (SSSR count). The number of nitrogens with zero attached hydrogens (tertiary/aromatic N) is 2.